The minimum atomic E-state index is -0.583. The summed E-state index contributed by atoms with van der Waals surface area (Å²) in [6.45, 7) is 3.20. The van der Waals surface area contributed by atoms with Crippen LogP contribution in [-0.4, -0.2) is 45.9 Å². The Kier molecular flexibility index (Phi) is 7.46. The average Bonchev–Trinajstić information content (AvgIpc) is 3.44. The number of anilines is 2. The molecule has 3 aromatic carbocycles. The summed E-state index contributed by atoms with van der Waals surface area (Å²) >= 11 is 0. The summed E-state index contributed by atoms with van der Waals surface area (Å²) in [5.41, 5.74) is 1.19. The van der Waals surface area contributed by atoms with Crippen molar-refractivity contribution in [3.63, 3.8) is 0 Å². The van der Waals surface area contributed by atoms with Crippen LogP contribution in [0.2, 0.25) is 0 Å². The van der Waals surface area contributed by atoms with Crippen molar-refractivity contribution in [2.45, 2.75) is 25.7 Å². The van der Waals surface area contributed by atoms with Crippen molar-refractivity contribution >= 4 is 34.1 Å². The number of nitrogens with zero attached hydrogens (tertiary/aromatic N) is 2. The molecule has 0 atom stereocenters. The Bertz CT molecular complexity index is 1580. The number of carbonyl (C=O) groups excluding carboxylic acids is 2. The largest absolute Gasteiger partial charge is 0.333 e. The van der Waals surface area contributed by atoms with Crippen LogP contribution in [0.5, 0.6) is 0 Å². The predicted molar refractivity (Wildman–Crippen MR) is 148 cm³/mol. The number of nitrogens with one attached hydrogen (secondary N) is 3. The Morgan fingerprint density at radius 2 is 1.55 bits per heavy atom. The molecule has 4 aromatic rings. The van der Waals surface area contributed by atoms with E-state index < -0.39 is 17.2 Å². The monoisotopic (exact) mass is 511 g/mol. The first-order valence-corrected chi connectivity index (χ1v) is 12.8. The Hall–Kier alpha value is -4.50. The molecule has 1 fully saturated rings. The van der Waals surface area contributed by atoms with Crippen LogP contribution in [0.15, 0.2) is 82.4 Å². The molecule has 1 aliphatic heterocycles. The standard InChI is InChI=1S/C29H29N5O4/c35-26(11-6-18-33-16-3-4-17-33)30-21-12-14-22(15-13-21)31-27(36)20-7-5-8-23(19-20)34-28(37)24-9-1-2-10-25(24)32-29(34)38/h1-2,5,7-10,12-15,19H,3-4,6,11,16-18H2,(H,30,35)(H,31,36)(H,32,38). The Labute approximate surface area is 219 Å². The molecule has 0 unspecified atom stereocenters. The van der Waals surface area contributed by atoms with Gasteiger partial charge in [-0.25, -0.2) is 9.36 Å². The molecule has 38 heavy (non-hydrogen) atoms. The lowest BCUT2D eigenvalue weighted by atomic mass is 10.1. The molecule has 0 spiro atoms. The Balaban J connectivity index is 1.23. The van der Waals surface area contributed by atoms with Gasteiger partial charge in [0, 0.05) is 23.4 Å². The molecule has 3 N–H and O–H groups in total. The zero-order valence-corrected chi connectivity index (χ0v) is 20.9. The van der Waals surface area contributed by atoms with E-state index in [0.29, 0.717) is 28.7 Å². The lowest BCUT2D eigenvalue weighted by Crippen LogP contribution is -2.33. The van der Waals surface area contributed by atoms with Gasteiger partial charge in [-0.05, 0) is 93.5 Å². The summed E-state index contributed by atoms with van der Waals surface area (Å²) in [6, 6.07) is 20.0. The first-order valence-electron chi connectivity index (χ1n) is 12.8. The maximum absolute atomic E-state index is 13.0. The SMILES string of the molecule is O=C(CCCN1CCCC1)Nc1ccc(NC(=O)c2cccc(-n3c(=O)[nH]c4ccccc4c3=O)c2)cc1. The zero-order valence-electron chi connectivity index (χ0n) is 20.9. The zero-order chi connectivity index (χ0) is 26.5. The summed E-state index contributed by atoms with van der Waals surface area (Å²) < 4.78 is 1.02. The van der Waals surface area contributed by atoms with Crippen molar-refractivity contribution in [1.29, 1.82) is 0 Å². The van der Waals surface area contributed by atoms with E-state index in [0.717, 1.165) is 30.6 Å². The van der Waals surface area contributed by atoms with E-state index in [-0.39, 0.29) is 17.2 Å². The molecule has 0 aliphatic carbocycles. The minimum Gasteiger partial charge on any atom is -0.326 e. The lowest BCUT2D eigenvalue weighted by molar-refractivity contribution is -0.116. The molecular formula is C29H29N5O4. The summed E-state index contributed by atoms with van der Waals surface area (Å²) in [7, 11) is 0. The molecule has 5 rings (SSSR count). The van der Waals surface area contributed by atoms with E-state index in [1.807, 2.05) is 0 Å². The third kappa shape index (κ3) is 5.73. The van der Waals surface area contributed by atoms with E-state index in [4.69, 9.17) is 0 Å². The second-order valence-corrected chi connectivity index (χ2v) is 9.40. The van der Waals surface area contributed by atoms with Crippen LogP contribution < -0.4 is 21.9 Å². The fraction of sp³-hybridized carbons (Fsp3) is 0.241. The fourth-order valence-corrected chi connectivity index (χ4v) is 4.72. The van der Waals surface area contributed by atoms with E-state index in [9.17, 15) is 19.2 Å². The van der Waals surface area contributed by atoms with Crippen molar-refractivity contribution in [3.05, 3.63) is 99.2 Å². The van der Waals surface area contributed by atoms with Crippen molar-refractivity contribution in [2.75, 3.05) is 30.3 Å². The molecular weight excluding hydrogens is 482 g/mol. The third-order valence-electron chi connectivity index (χ3n) is 6.68. The van der Waals surface area contributed by atoms with E-state index in [1.54, 1.807) is 66.7 Å². The quantitative estimate of drug-likeness (QED) is 0.333. The Morgan fingerprint density at radius 3 is 2.32 bits per heavy atom. The number of para-hydroxylation sites is 1. The number of rotatable bonds is 8. The highest BCUT2D eigenvalue weighted by Crippen LogP contribution is 2.17. The number of fused-ring (bicyclic) bond motifs is 1. The molecule has 0 radical (unpaired) electrons. The smallest absolute Gasteiger partial charge is 0.326 e. The van der Waals surface area contributed by atoms with Crippen LogP contribution in [0, 0.1) is 0 Å². The van der Waals surface area contributed by atoms with Crippen molar-refractivity contribution < 1.29 is 9.59 Å². The first kappa shape index (κ1) is 25.2. The summed E-state index contributed by atoms with van der Waals surface area (Å²) in [5, 5.41) is 6.08. The molecule has 1 saturated heterocycles. The number of H-pyrrole nitrogens is 1. The molecule has 9 heteroatoms. The summed E-state index contributed by atoms with van der Waals surface area (Å²) in [5.74, 6) is -0.424. The van der Waals surface area contributed by atoms with Crippen molar-refractivity contribution in [2.24, 2.45) is 0 Å². The van der Waals surface area contributed by atoms with Gasteiger partial charge < -0.3 is 20.5 Å². The molecule has 2 amide bonds. The average molecular weight is 512 g/mol. The van der Waals surface area contributed by atoms with Gasteiger partial charge in [-0.3, -0.25) is 14.4 Å². The molecule has 2 heterocycles. The molecule has 0 bridgehead atoms. The highest BCUT2D eigenvalue weighted by atomic mass is 16.2. The predicted octanol–water partition coefficient (Wildman–Crippen LogP) is 3.75. The molecule has 194 valence electrons. The van der Waals surface area contributed by atoms with Crippen LogP contribution in [0.4, 0.5) is 11.4 Å². The number of aromatic nitrogens is 2. The van der Waals surface area contributed by atoms with E-state index in [1.165, 1.54) is 18.9 Å². The van der Waals surface area contributed by atoms with Gasteiger partial charge in [0.2, 0.25) is 5.91 Å². The number of likely N-dealkylation sites (tertiary alicyclic amines) is 1. The second-order valence-electron chi connectivity index (χ2n) is 9.40. The van der Waals surface area contributed by atoms with Crippen LogP contribution in [-0.2, 0) is 4.79 Å². The van der Waals surface area contributed by atoms with Gasteiger partial charge in [0.15, 0.2) is 0 Å². The topological polar surface area (TPSA) is 116 Å². The van der Waals surface area contributed by atoms with Crippen LogP contribution >= 0.6 is 0 Å². The maximum Gasteiger partial charge on any atom is 0.333 e. The van der Waals surface area contributed by atoms with Crippen molar-refractivity contribution in [3.8, 4) is 5.69 Å². The summed E-state index contributed by atoms with van der Waals surface area (Å²) in [6.07, 6.45) is 3.78. The van der Waals surface area contributed by atoms with Gasteiger partial charge in [-0.1, -0.05) is 18.2 Å². The normalized spacial score (nSPS) is 13.5. The maximum atomic E-state index is 13.0. The van der Waals surface area contributed by atoms with Gasteiger partial charge in [-0.2, -0.15) is 0 Å². The lowest BCUT2D eigenvalue weighted by Gasteiger charge is -2.14. The number of amides is 2. The number of hydrogen-bond acceptors (Lipinski definition) is 5. The first-order chi connectivity index (χ1) is 18.5. The highest BCUT2D eigenvalue weighted by molar-refractivity contribution is 6.04. The molecule has 0 saturated carbocycles. The van der Waals surface area contributed by atoms with Gasteiger partial charge in [0.1, 0.15) is 0 Å². The van der Waals surface area contributed by atoms with Crippen LogP contribution in [0.25, 0.3) is 16.6 Å². The molecule has 1 aromatic heterocycles. The highest BCUT2D eigenvalue weighted by Gasteiger charge is 2.14. The fourth-order valence-electron chi connectivity index (χ4n) is 4.72. The van der Waals surface area contributed by atoms with Gasteiger partial charge >= 0.3 is 5.69 Å². The van der Waals surface area contributed by atoms with E-state index in [2.05, 4.69) is 20.5 Å². The summed E-state index contributed by atoms with van der Waals surface area (Å²) in [4.78, 5) is 55.8. The number of carbonyl (C=O) groups is 2. The minimum absolute atomic E-state index is 0.0308. The molecule has 9 nitrogen and oxygen atoms in total. The van der Waals surface area contributed by atoms with Crippen LogP contribution in [0.1, 0.15) is 36.0 Å². The number of aromatic amines is 1. The number of hydrogen-bond donors (Lipinski definition) is 3. The van der Waals surface area contributed by atoms with Gasteiger partial charge in [-0.15, -0.1) is 0 Å². The molecule has 1 aliphatic rings. The Morgan fingerprint density at radius 1 is 0.842 bits per heavy atom. The number of benzene rings is 3. The second kappa shape index (κ2) is 11.3. The van der Waals surface area contributed by atoms with Gasteiger partial charge in [0.05, 0.1) is 16.6 Å². The van der Waals surface area contributed by atoms with E-state index >= 15 is 0 Å². The van der Waals surface area contributed by atoms with Crippen molar-refractivity contribution in [1.82, 2.24) is 14.5 Å². The van der Waals surface area contributed by atoms with Gasteiger partial charge in [0.25, 0.3) is 11.5 Å². The third-order valence-corrected chi connectivity index (χ3v) is 6.68. The van der Waals surface area contributed by atoms with Crippen LogP contribution in [0.3, 0.4) is 0 Å².